The van der Waals surface area contributed by atoms with Crippen molar-refractivity contribution in [2.45, 2.75) is 50.2 Å². The smallest absolute Gasteiger partial charge is 0.242 e. The zero-order chi connectivity index (χ0) is 11.6. The van der Waals surface area contributed by atoms with Gasteiger partial charge >= 0.3 is 0 Å². The predicted octanol–water partition coefficient (Wildman–Crippen LogP) is 1.47. The Morgan fingerprint density at radius 3 is 2.33 bits per heavy atom. The number of carbonyl (C=O) groups is 1. The summed E-state index contributed by atoms with van der Waals surface area (Å²) in [6, 6.07) is 0. The molecule has 0 spiro atoms. The molecule has 1 aliphatic heterocycles. The van der Waals surface area contributed by atoms with Crippen LogP contribution in [0.2, 0.25) is 0 Å². The molecule has 1 rings (SSSR count). The highest BCUT2D eigenvalue weighted by molar-refractivity contribution is 8.00. The highest BCUT2D eigenvalue weighted by atomic mass is 32.2. The van der Waals surface area contributed by atoms with E-state index in [1.54, 1.807) is 0 Å². The van der Waals surface area contributed by atoms with Gasteiger partial charge in [0.1, 0.15) is 0 Å². The minimum atomic E-state index is -0.693. The van der Waals surface area contributed by atoms with Crippen molar-refractivity contribution in [2.75, 3.05) is 13.1 Å². The standard InChI is InChI=1S/C11H22N2OS/c1-5-11(4,12)10(14)13-6-8(2)15-9(3)7-13/h8-9H,5-7,12H2,1-4H3. The SMILES string of the molecule is CCC(C)(N)C(=O)N1CC(C)SC(C)C1. The highest BCUT2D eigenvalue weighted by Crippen LogP contribution is 2.26. The fourth-order valence-corrected chi connectivity index (χ4v) is 3.18. The quantitative estimate of drug-likeness (QED) is 0.781. The van der Waals surface area contributed by atoms with Gasteiger partial charge in [0.15, 0.2) is 0 Å². The molecule has 1 amide bonds. The van der Waals surface area contributed by atoms with Gasteiger partial charge in [-0.2, -0.15) is 11.8 Å². The van der Waals surface area contributed by atoms with Gasteiger partial charge in [-0.3, -0.25) is 4.79 Å². The monoisotopic (exact) mass is 230 g/mol. The molecule has 3 atom stereocenters. The summed E-state index contributed by atoms with van der Waals surface area (Å²) in [5.74, 6) is 0.101. The zero-order valence-electron chi connectivity index (χ0n) is 10.1. The highest BCUT2D eigenvalue weighted by Gasteiger charge is 2.34. The van der Waals surface area contributed by atoms with Crippen molar-refractivity contribution in [3.63, 3.8) is 0 Å². The molecule has 0 aromatic heterocycles. The van der Waals surface area contributed by atoms with Gasteiger partial charge in [-0.25, -0.2) is 0 Å². The van der Waals surface area contributed by atoms with E-state index in [1.165, 1.54) is 0 Å². The Balaban J connectivity index is 2.67. The van der Waals surface area contributed by atoms with Crippen LogP contribution in [0.4, 0.5) is 0 Å². The van der Waals surface area contributed by atoms with Gasteiger partial charge in [-0.15, -0.1) is 0 Å². The van der Waals surface area contributed by atoms with Crippen molar-refractivity contribution in [1.29, 1.82) is 0 Å². The van der Waals surface area contributed by atoms with E-state index in [0.717, 1.165) is 13.1 Å². The molecule has 0 aliphatic carbocycles. The van der Waals surface area contributed by atoms with E-state index in [-0.39, 0.29) is 5.91 Å². The Morgan fingerprint density at radius 1 is 1.47 bits per heavy atom. The van der Waals surface area contributed by atoms with Crippen molar-refractivity contribution >= 4 is 17.7 Å². The Bertz CT molecular complexity index is 233. The molecule has 1 saturated heterocycles. The topological polar surface area (TPSA) is 46.3 Å². The lowest BCUT2D eigenvalue weighted by atomic mass is 9.98. The van der Waals surface area contributed by atoms with Gasteiger partial charge in [-0.1, -0.05) is 20.8 Å². The number of hydrogen-bond donors (Lipinski definition) is 1. The number of amides is 1. The summed E-state index contributed by atoms with van der Waals surface area (Å²) in [5.41, 5.74) is 5.29. The summed E-state index contributed by atoms with van der Waals surface area (Å²) < 4.78 is 0. The van der Waals surface area contributed by atoms with E-state index >= 15 is 0 Å². The molecule has 1 fully saturated rings. The van der Waals surface area contributed by atoms with E-state index in [1.807, 2.05) is 30.5 Å². The van der Waals surface area contributed by atoms with Crippen LogP contribution in [0.3, 0.4) is 0 Å². The fourth-order valence-electron chi connectivity index (χ4n) is 1.86. The molecule has 15 heavy (non-hydrogen) atoms. The van der Waals surface area contributed by atoms with E-state index in [2.05, 4.69) is 13.8 Å². The van der Waals surface area contributed by atoms with Crippen molar-refractivity contribution < 1.29 is 4.79 Å². The second-order valence-corrected chi connectivity index (χ2v) is 6.62. The van der Waals surface area contributed by atoms with Crippen LogP contribution in [-0.4, -0.2) is 39.9 Å². The third-order valence-electron chi connectivity index (χ3n) is 2.93. The lowest BCUT2D eigenvalue weighted by molar-refractivity contribution is -0.136. The van der Waals surface area contributed by atoms with Crippen molar-refractivity contribution in [1.82, 2.24) is 4.90 Å². The Morgan fingerprint density at radius 2 is 1.93 bits per heavy atom. The average molecular weight is 230 g/mol. The van der Waals surface area contributed by atoms with Crippen LogP contribution in [0.1, 0.15) is 34.1 Å². The molecule has 3 nitrogen and oxygen atoms in total. The molecule has 1 heterocycles. The third kappa shape index (κ3) is 3.11. The molecular formula is C11H22N2OS. The molecule has 2 N–H and O–H groups in total. The number of hydrogen-bond acceptors (Lipinski definition) is 3. The predicted molar refractivity (Wildman–Crippen MR) is 66.0 cm³/mol. The van der Waals surface area contributed by atoms with Gasteiger partial charge in [-0.05, 0) is 13.3 Å². The number of rotatable bonds is 2. The lowest BCUT2D eigenvalue weighted by Crippen LogP contribution is -2.56. The minimum absolute atomic E-state index is 0.101. The van der Waals surface area contributed by atoms with E-state index in [4.69, 9.17) is 5.73 Å². The summed E-state index contributed by atoms with van der Waals surface area (Å²) in [6.45, 7) is 9.79. The zero-order valence-corrected chi connectivity index (χ0v) is 10.9. The van der Waals surface area contributed by atoms with E-state index in [9.17, 15) is 4.79 Å². The van der Waals surface area contributed by atoms with Crippen LogP contribution < -0.4 is 5.73 Å². The molecule has 4 heteroatoms. The number of thioether (sulfide) groups is 1. The molecule has 0 saturated carbocycles. The Labute approximate surface area is 96.8 Å². The molecule has 88 valence electrons. The molecule has 0 aromatic carbocycles. The van der Waals surface area contributed by atoms with Crippen LogP contribution in [0, 0.1) is 0 Å². The minimum Gasteiger partial charge on any atom is -0.339 e. The van der Waals surface area contributed by atoms with E-state index < -0.39 is 5.54 Å². The average Bonchev–Trinajstić information content (AvgIpc) is 2.15. The molecule has 1 aliphatic rings. The molecule has 0 aromatic rings. The van der Waals surface area contributed by atoms with Crippen molar-refractivity contribution in [2.24, 2.45) is 5.73 Å². The van der Waals surface area contributed by atoms with Gasteiger partial charge < -0.3 is 10.6 Å². The fraction of sp³-hybridized carbons (Fsp3) is 0.909. The maximum absolute atomic E-state index is 12.1. The maximum atomic E-state index is 12.1. The molecule has 3 unspecified atom stereocenters. The second kappa shape index (κ2) is 4.74. The van der Waals surface area contributed by atoms with Crippen molar-refractivity contribution in [3.8, 4) is 0 Å². The summed E-state index contributed by atoms with van der Waals surface area (Å²) in [7, 11) is 0. The second-order valence-electron chi connectivity index (χ2n) is 4.74. The number of carbonyl (C=O) groups excluding carboxylic acids is 1. The first-order chi connectivity index (χ1) is 6.86. The van der Waals surface area contributed by atoms with Crippen LogP contribution in [-0.2, 0) is 4.79 Å². The summed E-state index contributed by atoms with van der Waals surface area (Å²) in [6.07, 6.45) is 0.693. The number of nitrogens with zero attached hydrogens (tertiary/aromatic N) is 1. The number of nitrogens with two attached hydrogens (primary N) is 1. The normalized spacial score (nSPS) is 31.1. The van der Waals surface area contributed by atoms with Gasteiger partial charge in [0.05, 0.1) is 5.54 Å². The van der Waals surface area contributed by atoms with Crippen molar-refractivity contribution in [3.05, 3.63) is 0 Å². The summed E-state index contributed by atoms with van der Waals surface area (Å²) in [5, 5.41) is 1.04. The van der Waals surface area contributed by atoms with Crippen LogP contribution in [0.15, 0.2) is 0 Å². The van der Waals surface area contributed by atoms with Crippen LogP contribution in [0.5, 0.6) is 0 Å². The Hall–Kier alpha value is -0.220. The van der Waals surface area contributed by atoms with Gasteiger partial charge in [0.2, 0.25) is 5.91 Å². The summed E-state index contributed by atoms with van der Waals surface area (Å²) in [4.78, 5) is 14.1. The largest absolute Gasteiger partial charge is 0.339 e. The van der Waals surface area contributed by atoms with Gasteiger partial charge in [0.25, 0.3) is 0 Å². The first-order valence-electron chi connectivity index (χ1n) is 5.60. The van der Waals surface area contributed by atoms with E-state index in [0.29, 0.717) is 16.9 Å². The first-order valence-corrected chi connectivity index (χ1v) is 6.54. The third-order valence-corrected chi connectivity index (χ3v) is 4.16. The first kappa shape index (κ1) is 12.8. The summed E-state index contributed by atoms with van der Waals surface area (Å²) >= 11 is 1.95. The van der Waals surface area contributed by atoms with Gasteiger partial charge in [0, 0.05) is 23.6 Å². The maximum Gasteiger partial charge on any atom is 0.242 e. The van der Waals surface area contributed by atoms with Crippen LogP contribution in [0.25, 0.3) is 0 Å². The molecule has 0 radical (unpaired) electrons. The lowest BCUT2D eigenvalue weighted by Gasteiger charge is -2.38. The Kier molecular flexibility index (Phi) is 4.06. The molecular weight excluding hydrogens is 208 g/mol. The van der Waals surface area contributed by atoms with Crippen LogP contribution >= 0.6 is 11.8 Å². The molecule has 0 bridgehead atoms.